The van der Waals surface area contributed by atoms with Crippen molar-refractivity contribution in [3.8, 4) is 0 Å². The molecule has 5 rings (SSSR count). The molecule has 0 aromatic heterocycles. The summed E-state index contributed by atoms with van der Waals surface area (Å²) in [4.78, 5) is 62.5. The summed E-state index contributed by atoms with van der Waals surface area (Å²) in [6, 6.07) is 0. The molecule has 0 unspecified atom stereocenters. The second-order valence-corrected chi connectivity index (χ2v) is 15.4. The third-order valence-corrected chi connectivity index (χ3v) is 12.8. The number of fused-ring (bicyclic) bond motifs is 5. The Morgan fingerprint density at radius 3 is 2.20 bits per heavy atom. The largest absolute Gasteiger partial charge is 0.462 e. The molecule has 5 aliphatic rings. The number of aliphatic hydroxyl groups is 2. The molecule has 3 saturated carbocycles. The van der Waals surface area contributed by atoms with Crippen molar-refractivity contribution < 1.29 is 53.1 Å². The fraction of sp³-hybridized carbons (Fsp3) is 0.800. The van der Waals surface area contributed by atoms with Crippen molar-refractivity contribution in [1.29, 1.82) is 0 Å². The first kappa shape index (κ1) is 34.5. The topological polar surface area (TPSA) is 163 Å². The van der Waals surface area contributed by atoms with Crippen molar-refractivity contribution in [3.05, 3.63) is 11.6 Å². The van der Waals surface area contributed by atoms with Crippen LogP contribution in [0, 0.1) is 40.4 Å². The van der Waals surface area contributed by atoms with Gasteiger partial charge in [0.1, 0.15) is 30.0 Å². The summed E-state index contributed by atoms with van der Waals surface area (Å²) in [6.45, 7) is 13.1. The lowest BCUT2D eigenvalue weighted by Gasteiger charge is -2.61. The van der Waals surface area contributed by atoms with E-state index < -0.39 is 82.1 Å². The molecule has 0 amide bonds. The third-order valence-electron chi connectivity index (χ3n) is 12.8. The van der Waals surface area contributed by atoms with Gasteiger partial charge in [0.2, 0.25) is 0 Å². The van der Waals surface area contributed by atoms with Gasteiger partial charge in [-0.25, -0.2) is 0 Å². The molecule has 46 heavy (non-hydrogen) atoms. The fourth-order valence-electron chi connectivity index (χ4n) is 10.4. The van der Waals surface area contributed by atoms with Gasteiger partial charge < -0.3 is 29.2 Å². The Morgan fingerprint density at radius 2 is 1.63 bits per heavy atom. The van der Waals surface area contributed by atoms with Crippen molar-refractivity contribution >= 4 is 29.7 Å². The maximum Gasteiger partial charge on any atom is 0.309 e. The predicted octanol–water partition coefficient (Wildman–Crippen LogP) is 3.60. The van der Waals surface area contributed by atoms with Gasteiger partial charge in [-0.2, -0.15) is 0 Å². The molecule has 1 saturated heterocycles. The number of carbonyl (C=O) groups is 5. The van der Waals surface area contributed by atoms with Crippen LogP contribution in [0.5, 0.6) is 0 Å². The van der Waals surface area contributed by atoms with E-state index in [1.54, 1.807) is 26.8 Å². The van der Waals surface area contributed by atoms with Crippen LogP contribution in [-0.2, 0) is 42.9 Å². The minimum absolute atomic E-state index is 0.160. The monoisotopic (exact) mass is 646 g/mol. The Kier molecular flexibility index (Phi) is 8.80. The Balaban J connectivity index is 1.48. The first-order valence-electron chi connectivity index (χ1n) is 16.7. The van der Waals surface area contributed by atoms with E-state index in [9.17, 15) is 34.2 Å². The summed E-state index contributed by atoms with van der Waals surface area (Å²) in [6.07, 6.45) is 1.34. The first-order chi connectivity index (χ1) is 21.3. The van der Waals surface area contributed by atoms with Gasteiger partial charge >= 0.3 is 23.9 Å². The Morgan fingerprint density at radius 1 is 1.00 bits per heavy atom. The second kappa shape index (κ2) is 11.7. The zero-order valence-electron chi connectivity index (χ0n) is 28.3. The number of ether oxygens (including phenoxy) is 4. The number of esters is 4. The van der Waals surface area contributed by atoms with Gasteiger partial charge in [-0.15, -0.1) is 0 Å². The van der Waals surface area contributed by atoms with E-state index in [2.05, 4.69) is 0 Å². The molecule has 4 fully saturated rings. The lowest BCUT2D eigenvalue weighted by molar-refractivity contribution is -0.197. The van der Waals surface area contributed by atoms with Crippen molar-refractivity contribution in [2.45, 2.75) is 136 Å². The van der Waals surface area contributed by atoms with Gasteiger partial charge in [0, 0.05) is 38.0 Å². The number of hydrogen-bond acceptors (Lipinski definition) is 11. The Bertz CT molecular complexity index is 1340. The summed E-state index contributed by atoms with van der Waals surface area (Å²) in [7, 11) is 0. The summed E-state index contributed by atoms with van der Waals surface area (Å²) in [5.74, 6) is -3.94. The molecule has 2 N–H and O–H groups in total. The highest BCUT2D eigenvalue weighted by atomic mass is 16.6. The SMILES string of the molecule is CC(=O)O[C@H]1C[C@@]2(C)[C@@H](C[C@H]1OC(C)=O)C(=O)C=C1[C@@H]2CC[C@]2(C)[C@@H]([C@@](C)(O)[C@@H](C[C@H]3[C@H](C)OC(=O)[C@H]3C)OC(C)=O)CC[C@@]12O. The van der Waals surface area contributed by atoms with E-state index in [-0.39, 0.29) is 36.4 Å². The summed E-state index contributed by atoms with van der Waals surface area (Å²) >= 11 is 0. The van der Waals surface area contributed by atoms with Crippen molar-refractivity contribution in [2.24, 2.45) is 40.4 Å². The van der Waals surface area contributed by atoms with Gasteiger partial charge in [0.05, 0.1) is 11.5 Å². The van der Waals surface area contributed by atoms with Crippen LogP contribution < -0.4 is 0 Å². The summed E-state index contributed by atoms with van der Waals surface area (Å²) in [5.41, 5.74) is -3.90. The first-order valence-corrected chi connectivity index (χ1v) is 16.7. The van der Waals surface area contributed by atoms with Gasteiger partial charge in [-0.1, -0.05) is 20.8 Å². The minimum atomic E-state index is -1.57. The molecular formula is C35H50O11. The maximum atomic E-state index is 13.9. The lowest BCUT2D eigenvalue weighted by Crippen LogP contribution is -2.63. The molecule has 0 aromatic carbocycles. The van der Waals surface area contributed by atoms with Crippen LogP contribution >= 0.6 is 0 Å². The molecule has 0 spiro atoms. The maximum absolute atomic E-state index is 13.9. The number of ketones is 1. The number of carbonyl (C=O) groups excluding carboxylic acids is 5. The normalized spacial score (nSPS) is 43.6. The quantitative estimate of drug-likeness (QED) is 0.307. The van der Waals surface area contributed by atoms with E-state index in [1.165, 1.54) is 20.8 Å². The zero-order valence-corrected chi connectivity index (χ0v) is 28.3. The molecule has 13 atom stereocenters. The van der Waals surface area contributed by atoms with Crippen LogP contribution in [0.1, 0.15) is 100 Å². The molecule has 1 heterocycles. The van der Waals surface area contributed by atoms with Crippen LogP contribution in [0.4, 0.5) is 0 Å². The van der Waals surface area contributed by atoms with Gasteiger partial charge in [-0.05, 0) is 87.7 Å². The van der Waals surface area contributed by atoms with Crippen LogP contribution in [0.25, 0.3) is 0 Å². The summed E-state index contributed by atoms with van der Waals surface area (Å²) in [5, 5.41) is 25.1. The van der Waals surface area contributed by atoms with Crippen molar-refractivity contribution in [1.82, 2.24) is 0 Å². The molecular weight excluding hydrogens is 596 g/mol. The Labute approximate surface area is 270 Å². The second-order valence-electron chi connectivity index (χ2n) is 15.4. The molecule has 1 aliphatic heterocycles. The van der Waals surface area contributed by atoms with Crippen LogP contribution in [0.3, 0.4) is 0 Å². The van der Waals surface area contributed by atoms with Crippen molar-refractivity contribution in [3.63, 3.8) is 0 Å². The van der Waals surface area contributed by atoms with Gasteiger partial charge in [0.15, 0.2) is 5.78 Å². The average molecular weight is 647 g/mol. The number of hydrogen-bond donors (Lipinski definition) is 2. The smallest absolute Gasteiger partial charge is 0.309 e. The highest BCUT2D eigenvalue weighted by molar-refractivity contribution is 5.95. The average Bonchev–Trinajstić information content (AvgIpc) is 3.35. The lowest BCUT2D eigenvalue weighted by atomic mass is 9.45. The third kappa shape index (κ3) is 5.39. The molecule has 4 aliphatic carbocycles. The number of cyclic esters (lactones) is 1. The van der Waals surface area contributed by atoms with Crippen LogP contribution in [-0.4, -0.2) is 75.5 Å². The van der Waals surface area contributed by atoms with E-state index in [1.807, 2.05) is 13.8 Å². The molecule has 0 aromatic rings. The molecule has 11 heteroatoms. The molecule has 0 bridgehead atoms. The number of allylic oxidation sites excluding steroid dienone is 1. The molecule has 256 valence electrons. The highest BCUT2D eigenvalue weighted by Gasteiger charge is 2.70. The predicted molar refractivity (Wildman–Crippen MR) is 163 cm³/mol. The van der Waals surface area contributed by atoms with E-state index >= 15 is 0 Å². The minimum Gasteiger partial charge on any atom is -0.462 e. The van der Waals surface area contributed by atoms with E-state index in [0.29, 0.717) is 37.7 Å². The van der Waals surface area contributed by atoms with Crippen LogP contribution in [0.15, 0.2) is 11.6 Å². The van der Waals surface area contributed by atoms with Crippen molar-refractivity contribution in [2.75, 3.05) is 0 Å². The van der Waals surface area contributed by atoms with E-state index in [0.717, 1.165) is 0 Å². The fourth-order valence-corrected chi connectivity index (χ4v) is 10.4. The Hall–Kier alpha value is -2.79. The van der Waals surface area contributed by atoms with Gasteiger partial charge in [-0.3, -0.25) is 24.0 Å². The number of rotatable bonds is 7. The zero-order chi connectivity index (χ0) is 34.1. The highest BCUT2D eigenvalue weighted by Crippen LogP contribution is 2.69. The van der Waals surface area contributed by atoms with E-state index in [4.69, 9.17) is 18.9 Å². The molecule has 11 nitrogen and oxygen atoms in total. The van der Waals surface area contributed by atoms with Gasteiger partial charge in [0.25, 0.3) is 0 Å². The van der Waals surface area contributed by atoms with Crippen LogP contribution in [0.2, 0.25) is 0 Å². The summed E-state index contributed by atoms with van der Waals surface area (Å²) < 4.78 is 22.4. The standard InChI is InChI=1S/C35H50O11/c1-17-22(18(2)43-31(17)40)13-30(46-21(5)38)34(8,41)29-10-12-35(42)24-14-26(39)25-15-27(44-19(3)36)28(45-20(4)37)16-32(25,6)23(24)9-11-33(29,35)7/h14,17-18,22-23,25,27-30,41-42H,9-13,15-16H2,1-8H3/t17-,18-,22+,23-,25-,27+,28-,29-,30+,32+,33+,34+,35+/m0/s1. The molecule has 0 radical (unpaired) electrons.